The van der Waals surface area contributed by atoms with Gasteiger partial charge in [0.15, 0.2) is 0 Å². The lowest BCUT2D eigenvalue weighted by atomic mass is 10.2. The van der Waals surface area contributed by atoms with Crippen LogP contribution in [0.2, 0.25) is 5.28 Å². The normalized spacial score (nSPS) is 10.2. The van der Waals surface area contributed by atoms with E-state index in [0.717, 1.165) is 22.7 Å². The number of nitrogens with one attached hydrogen (secondary N) is 1. The summed E-state index contributed by atoms with van der Waals surface area (Å²) in [6.45, 7) is 3.86. The van der Waals surface area contributed by atoms with E-state index in [9.17, 15) is 0 Å². The molecule has 18 heavy (non-hydrogen) atoms. The lowest BCUT2D eigenvalue weighted by Gasteiger charge is -2.09. The highest BCUT2D eigenvalue weighted by molar-refractivity contribution is 6.28. The number of aromatic nitrogens is 2. The predicted octanol–water partition coefficient (Wildman–Crippen LogP) is 3.50. The number of anilines is 2. The van der Waals surface area contributed by atoms with Gasteiger partial charge in [-0.1, -0.05) is 0 Å². The molecule has 0 amide bonds. The van der Waals surface area contributed by atoms with Gasteiger partial charge in [0.2, 0.25) is 5.28 Å². The van der Waals surface area contributed by atoms with E-state index >= 15 is 0 Å². The largest absolute Gasteiger partial charge is 0.496 e. The fourth-order valence-corrected chi connectivity index (χ4v) is 1.92. The molecule has 0 aliphatic rings. The number of nitrogens with zero attached hydrogens (tertiary/aromatic N) is 2. The molecular formula is C13H14ClN3O. The summed E-state index contributed by atoms with van der Waals surface area (Å²) in [5.41, 5.74) is 2.81. The van der Waals surface area contributed by atoms with Crippen LogP contribution >= 0.6 is 11.6 Å². The van der Waals surface area contributed by atoms with Gasteiger partial charge in [0, 0.05) is 17.4 Å². The van der Waals surface area contributed by atoms with Crippen LogP contribution in [0.5, 0.6) is 5.75 Å². The lowest BCUT2D eigenvalue weighted by molar-refractivity contribution is 0.412. The van der Waals surface area contributed by atoms with Crippen LogP contribution in [0.1, 0.15) is 11.3 Å². The molecule has 1 aromatic heterocycles. The van der Waals surface area contributed by atoms with Crippen molar-refractivity contribution >= 4 is 23.1 Å². The van der Waals surface area contributed by atoms with Gasteiger partial charge in [0.25, 0.3) is 0 Å². The Morgan fingerprint density at radius 1 is 1.17 bits per heavy atom. The molecule has 0 bridgehead atoms. The van der Waals surface area contributed by atoms with Crippen LogP contribution in [0.3, 0.4) is 0 Å². The maximum Gasteiger partial charge on any atom is 0.224 e. The number of ether oxygens (including phenoxy) is 1. The first-order chi connectivity index (χ1) is 8.58. The highest BCUT2D eigenvalue weighted by atomic mass is 35.5. The number of aryl methyl sites for hydroxylation is 2. The van der Waals surface area contributed by atoms with Crippen LogP contribution in [0.15, 0.2) is 24.3 Å². The van der Waals surface area contributed by atoms with Gasteiger partial charge in [-0.05, 0) is 49.2 Å². The number of halogens is 1. The van der Waals surface area contributed by atoms with Crippen LogP contribution < -0.4 is 10.1 Å². The van der Waals surface area contributed by atoms with Crippen molar-refractivity contribution in [2.45, 2.75) is 13.8 Å². The average Bonchev–Trinajstić information content (AvgIpc) is 2.27. The summed E-state index contributed by atoms with van der Waals surface area (Å²) < 4.78 is 5.21. The molecule has 0 aliphatic heterocycles. The Bertz CT molecular complexity index is 552. The zero-order valence-corrected chi connectivity index (χ0v) is 11.2. The summed E-state index contributed by atoms with van der Waals surface area (Å²) in [4.78, 5) is 8.13. The van der Waals surface area contributed by atoms with Gasteiger partial charge in [0.05, 0.1) is 7.11 Å². The highest BCUT2D eigenvalue weighted by Crippen LogP contribution is 2.23. The van der Waals surface area contributed by atoms with E-state index in [2.05, 4.69) is 15.3 Å². The zero-order valence-electron chi connectivity index (χ0n) is 10.5. The minimum atomic E-state index is 0.239. The Kier molecular flexibility index (Phi) is 3.67. The molecule has 0 fully saturated rings. The van der Waals surface area contributed by atoms with Gasteiger partial charge in [0.1, 0.15) is 11.6 Å². The fourth-order valence-electron chi connectivity index (χ4n) is 1.70. The second kappa shape index (κ2) is 5.23. The molecule has 1 N–H and O–H groups in total. The molecule has 1 heterocycles. The summed E-state index contributed by atoms with van der Waals surface area (Å²) in [5, 5.41) is 3.43. The molecule has 4 nitrogen and oxygen atoms in total. The monoisotopic (exact) mass is 263 g/mol. The lowest BCUT2D eigenvalue weighted by Crippen LogP contribution is -1.97. The van der Waals surface area contributed by atoms with Crippen LogP contribution in [-0.2, 0) is 0 Å². The van der Waals surface area contributed by atoms with Crippen molar-refractivity contribution in [1.82, 2.24) is 9.97 Å². The van der Waals surface area contributed by atoms with Gasteiger partial charge >= 0.3 is 0 Å². The fraction of sp³-hybridized carbons (Fsp3) is 0.231. The molecule has 5 heteroatoms. The van der Waals surface area contributed by atoms with E-state index in [4.69, 9.17) is 16.3 Å². The molecule has 0 saturated carbocycles. The number of hydrogen-bond acceptors (Lipinski definition) is 4. The van der Waals surface area contributed by atoms with Crippen molar-refractivity contribution in [2.75, 3.05) is 12.4 Å². The number of rotatable bonds is 3. The van der Waals surface area contributed by atoms with Crippen molar-refractivity contribution in [3.8, 4) is 5.75 Å². The third-order valence-electron chi connectivity index (χ3n) is 2.49. The first-order valence-electron chi connectivity index (χ1n) is 5.51. The Balaban J connectivity index is 2.25. The van der Waals surface area contributed by atoms with E-state index in [-0.39, 0.29) is 5.28 Å². The Hall–Kier alpha value is -1.81. The molecule has 2 rings (SSSR count). The SMILES string of the molecule is COc1ccc(Nc2cc(C)nc(Cl)n2)cc1C. The number of hydrogen-bond donors (Lipinski definition) is 1. The molecule has 2 aromatic rings. The first kappa shape index (κ1) is 12.6. The maximum atomic E-state index is 5.81. The Morgan fingerprint density at radius 3 is 2.56 bits per heavy atom. The third-order valence-corrected chi connectivity index (χ3v) is 2.66. The molecular weight excluding hydrogens is 250 g/mol. The van der Waals surface area contributed by atoms with Crippen LogP contribution in [0.25, 0.3) is 0 Å². The van der Waals surface area contributed by atoms with E-state index < -0.39 is 0 Å². The van der Waals surface area contributed by atoms with E-state index in [0.29, 0.717) is 5.82 Å². The van der Waals surface area contributed by atoms with Gasteiger partial charge in [-0.15, -0.1) is 0 Å². The summed E-state index contributed by atoms with van der Waals surface area (Å²) in [6, 6.07) is 7.67. The molecule has 0 spiro atoms. The number of methoxy groups -OCH3 is 1. The minimum absolute atomic E-state index is 0.239. The molecule has 0 atom stereocenters. The van der Waals surface area contributed by atoms with E-state index in [1.54, 1.807) is 7.11 Å². The average molecular weight is 264 g/mol. The smallest absolute Gasteiger partial charge is 0.224 e. The van der Waals surface area contributed by atoms with Crippen molar-refractivity contribution in [2.24, 2.45) is 0 Å². The standard InChI is InChI=1S/C13H14ClN3O/c1-8-6-10(4-5-11(8)18-3)16-12-7-9(2)15-13(14)17-12/h4-7H,1-3H3,(H,15,16,17). The predicted molar refractivity (Wildman–Crippen MR) is 72.8 cm³/mol. The van der Waals surface area contributed by atoms with Crippen molar-refractivity contribution < 1.29 is 4.74 Å². The molecule has 0 radical (unpaired) electrons. The molecule has 1 aromatic carbocycles. The van der Waals surface area contributed by atoms with Crippen molar-refractivity contribution in [3.05, 3.63) is 40.8 Å². The molecule has 0 aliphatic carbocycles. The summed E-state index contributed by atoms with van der Waals surface area (Å²) in [5.74, 6) is 1.54. The topological polar surface area (TPSA) is 47.0 Å². The van der Waals surface area contributed by atoms with Crippen molar-refractivity contribution in [1.29, 1.82) is 0 Å². The highest BCUT2D eigenvalue weighted by Gasteiger charge is 2.03. The Labute approximate surface area is 111 Å². The van der Waals surface area contributed by atoms with Crippen molar-refractivity contribution in [3.63, 3.8) is 0 Å². The minimum Gasteiger partial charge on any atom is -0.496 e. The van der Waals surface area contributed by atoms with E-state index in [1.165, 1.54) is 0 Å². The van der Waals surface area contributed by atoms with Crippen LogP contribution in [0, 0.1) is 13.8 Å². The van der Waals surface area contributed by atoms with Gasteiger partial charge in [-0.2, -0.15) is 0 Å². The summed E-state index contributed by atoms with van der Waals surface area (Å²) >= 11 is 5.81. The summed E-state index contributed by atoms with van der Waals surface area (Å²) in [7, 11) is 1.66. The second-order valence-corrected chi connectivity index (χ2v) is 4.31. The second-order valence-electron chi connectivity index (χ2n) is 3.97. The third kappa shape index (κ3) is 2.90. The summed E-state index contributed by atoms with van der Waals surface area (Å²) in [6.07, 6.45) is 0. The van der Waals surface area contributed by atoms with Gasteiger partial charge < -0.3 is 10.1 Å². The van der Waals surface area contributed by atoms with Gasteiger partial charge in [-0.25, -0.2) is 9.97 Å². The van der Waals surface area contributed by atoms with E-state index in [1.807, 2.05) is 38.1 Å². The first-order valence-corrected chi connectivity index (χ1v) is 5.89. The maximum absolute atomic E-state index is 5.81. The van der Waals surface area contributed by atoms with Crippen LogP contribution in [-0.4, -0.2) is 17.1 Å². The van der Waals surface area contributed by atoms with Crippen LogP contribution in [0.4, 0.5) is 11.5 Å². The molecule has 94 valence electrons. The van der Waals surface area contributed by atoms with Gasteiger partial charge in [-0.3, -0.25) is 0 Å². The number of benzene rings is 1. The molecule has 0 saturated heterocycles. The molecule has 0 unspecified atom stereocenters. The quantitative estimate of drug-likeness (QED) is 0.861. The Morgan fingerprint density at radius 2 is 1.94 bits per heavy atom. The zero-order chi connectivity index (χ0) is 13.1.